The van der Waals surface area contributed by atoms with E-state index in [1.54, 1.807) is 12.1 Å². The molecule has 2 amide bonds. The van der Waals surface area contributed by atoms with E-state index in [1.807, 2.05) is 32.0 Å². The summed E-state index contributed by atoms with van der Waals surface area (Å²) in [6.07, 6.45) is 1.25. The average molecular weight is 501 g/mol. The molecule has 168 valence electrons. The summed E-state index contributed by atoms with van der Waals surface area (Å²) in [5.74, 6) is -4.32. The number of aryl methyl sites for hydroxylation is 2. The Morgan fingerprint density at radius 3 is 2.31 bits per heavy atom. The third kappa shape index (κ3) is 3.16. The molecular weight excluding hydrogens is 476 g/mol. The number of amides is 2. The summed E-state index contributed by atoms with van der Waals surface area (Å²) in [5, 5.41) is 23.6. The minimum Gasteiger partial charge on any atom is -0.508 e. The van der Waals surface area contributed by atoms with Crippen molar-refractivity contribution >= 4 is 39.4 Å². The van der Waals surface area contributed by atoms with Crippen LogP contribution >= 0.6 is 15.9 Å². The number of imide groups is 1. The summed E-state index contributed by atoms with van der Waals surface area (Å²) in [6, 6.07) is 9.62. The number of carbonyl (C=O) groups excluding carboxylic acids is 2. The molecule has 7 nitrogen and oxygen atoms in total. The van der Waals surface area contributed by atoms with E-state index in [9.17, 15) is 24.6 Å². The van der Waals surface area contributed by atoms with Crippen molar-refractivity contribution in [3.8, 4) is 5.75 Å². The van der Waals surface area contributed by atoms with Crippen molar-refractivity contribution in [2.75, 3.05) is 4.90 Å². The number of rotatable bonds is 5. The molecule has 2 aromatic carbocycles. The van der Waals surface area contributed by atoms with Crippen LogP contribution in [0.25, 0.3) is 0 Å². The maximum absolute atomic E-state index is 13.8. The number of aliphatic carboxylic acids is 1. The second-order valence-corrected chi connectivity index (χ2v) is 9.40. The molecule has 3 N–H and O–H groups in total. The monoisotopic (exact) mass is 500 g/mol. The first-order valence-corrected chi connectivity index (χ1v) is 11.4. The lowest BCUT2D eigenvalue weighted by atomic mass is 9.80. The van der Waals surface area contributed by atoms with Crippen molar-refractivity contribution in [1.29, 1.82) is 0 Å². The third-order valence-electron chi connectivity index (χ3n) is 6.75. The number of aromatic hydroxyl groups is 1. The number of nitrogens with one attached hydrogen (secondary N) is 1. The molecule has 0 aromatic heterocycles. The molecule has 2 saturated heterocycles. The largest absolute Gasteiger partial charge is 0.508 e. The van der Waals surface area contributed by atoms with Crippen LogP contribution in [0.1, 0.15) is 43.5 Å². The van der Waals surface area contributed by atoms with Gasteiger partial charge in [0, 0.05) is 16.1 Å². The molecule has 0 aliphatic carbocycles. The second-order valence-electron chi connectivity index (χ2n) is 8.48. The van der Waals surface area contributed by atoms with Gasteiger partial charge in [0.2, 0.25) is 11.8 Å². The molecule has 2 aliphatic heterocycles. The van der Waals surface area contributed by atoms with Crippen molar-refractivity contribution in [2.24, 2.45) is 11.8 Å². The molecule has 0 bridgehead atoms. The lowest BCUT2D eigenvalue weighted by Gasteiger charge is -2.29. The van der Waals surface area contributed by atoms with Crippen LogP contribution in [-0.4, -0.2) is 33.5 Å². The number of carboxylic acids is 1. The van der Waals surface area contributed by atoms with Gasteiger partial charge in [-0.25, -0.2) is 4.90 Å². The van der Waals surface area contributed by atoms with Crippen molar-refractivity contribution in [1.82, 2.24) is 5.32 Å². The van der Waals surface area contributed by atoms with Gasteiger partial charge in [-0.15, -0.1) is 0 Å². The van der Waals surface area contributed by atoms with Gasteiger partial charge in [-0.1, -0.05) is 48.0 Å². The van der Waals surface area contributed by atoms with E-state index in [0.717, 1.165) is 11.1 Å². The summed E-state index contributed by atoms with van der Waals surface area (Å²) >= 11 is 3.37. The number of hydrogen-bond acceptors (Lipinski definition) is 5. The fraction of sp³-hybridized carbons (Fsp3) is 0.375. The maximum atomic E-state index is 13.8. The maximum Gasteiger partial charge on any atom is 0.324 e. The lowest BCUT2D eigenvalue weighted by Crippen LogP contribution is -2.53. The molecule has 2 heterocycles. The van der Waals surface area contributed by atoms with Crippen molar-refractivity contribution in [3.63, 3.8) is 0 Å². The van der Waals surface area contributed by atoms with Gasteiger partial charge in [0.15, 0.2) is 0 Å². The fourth-order valence-corrected chi connectivity index (χ4v) is 5.48. The molecule has 0 spiro atoms. The van der Waals surface area contributed by atoms with Gasteiger partial charge in [-0.05, 0) is 49.1 Å². The van der Waals surface area contributed by atoms with E-state index >= 15 is 0 Å². The number of halogens is 1. The van der Waals surface area contributed by atoms with Crippen molar-refractivity contribution in [2.45, 2.75) is 45.2 Å². The Labute approximate surface area is 194 Å². The van der Waals surface area contributed by atoms with Crippen LogP contribution in [0.2, 0.25) is 0 Å². The van der Waals surface area contributed by atoms with E-state index in [-0.39, 0.29) is 5.75 Å². The Morgan fingerprint density at radius 1 is 1.12 bits per heavy atom. The topological polar surface area (TPSA) is 107 Å². The van der Waals surface area contributed by atoms with Crippen LogP contribution in [0.5, 0.6) is 5.75 Å². The highest BCUT2D eigenvalue weighted by Crippen LogP contribution is 2.52. The van der Waals surface area contributed by atoms with Crippen LogP contribution in [0, 0.1) is 11.8 Å². The molecule has 0 radical (unpaired) electrons. The fourth-order valence-electron chi connectivity index (χ4n) is 5.10. The highest BCUT2D eigenvalue weighted by atomic mass is 79.9. The van der Waals surface area contributed by atoms with Gasteiger partial charge in [-0.3, -0.25) is 19.7 Å². The zero-order valence-electron chi connectivity index (χ0n) is 18.1. The van der Waals surface area contributed by atoms with Gasteiger partial charge < -0.3 is 10.2 Å². The first-order chi connectivity index (χ1) is 15.2. The Morgan fingerprint density at radius 2 is 1.75 bits per heavy atom. The van der Waals surface area contributed by atoms with Gasteiger partial charge in [0.25, 0.3) is 0 Å². The summed E-state index contributed by atoms with van der Waals surface area (Å²) in [7, 11) is 0. The van der Waals surface area contributed by atoms with E-state index in [0.29, 0.717) is 28.6 Å². The molecule has 2 fully saturated rings. The number of para-hydroxylation sites is 1. The Kier molecular flexibility index (Phi) is 5.63. The molecule has 4 atom stereocenters. The Balaban J connectivity index is 1.91. The summed E-state index contributed by atoms with van der Waals surface area (Å²) in [4.78, 5) is 41.0. The van der Waals surface area contributed by atoms with Crippen LogP contribution < -0.4 is 10.2 Å². The normalized spacial score (nSPS) is 27.1. The quantitative estimate of drug-likeness (QED) is 0.541. The highest BCUT2D eigenvalue weighted by molar-refractivity contribution is 9.10. The minimum atomic E-state index is -1.67. The summed E-state index contributed by atoms with van der Waals surface area (Å²) < 4.78 is 0.672. The molecular formula is C24H25BrN2O5. The number of carbonyl (C=O) groups is 3. The molecule has 2 aromatic rings. The zero-order valence-corrected chi connectivity index (χ0v) is 19.6. The number of carboxylic acid groups (broad SMARTS) is 1. The first kappa shape index (κ1) is 22.5. The summed E-state index contributed by atoms with van der Waals surface area (Å²) in [5.41, 5.74) is 0.989. The zero-order chi connectivity index (χ0) is 23.4. The number of phenols is 1. The van der Waals surface area contributed by atoms with Gasteiger partial charge in [0.05, 0.1) is 17.5 Å². The first-order valence-electron chi connectivity index (χ1n) is 10.6. The van der Waals surface area contributed by atoms with Crippen LogP contribution in [-0.2, 0) is 27.2 Å². The van der Waals surface area contributed by atoms with Crippen molar-refractivity contribution in [3.05, 3.63) is 57.6 Å². The number of fused-ring (bicyclic) bond motifs is 1. The number of hydrogen-bond donors (Lipinski definition) is 3. The minimum absolute atomic E-state index is 0.0685. The molecule has 0 saturated carbocycles. The predicted octanol–water partition coefficient (Wildman–Crippen LogP) is 3.57. The molecule has 4 rings (SSSR count). The number of anilines is 1. The SMILES string of the molecule is CCc1cccc(CC)c1N1C(=O)C2C(c3cc(Br)ccc3O)NC(C)(C(=O)O)C2C1=O. The van der Waals surface area contributed by atoms with Crippen LogP contribution in [0.3, 0.4) is 0 Å². The number of nitrogens with zero attached hydrogens (tertiary/aromatic N) is 1. The van der Waals surface area contributed by atoms with E-state index in [2.05, 4.69) is 21.2 Å². The highest BCUT2D eigenvalue weighted by Gasteiger charge is 2.67. The Bertz CT molecular complexity index is 1110. The Hall–Kier alpha value is -2.71. The number of benzene rings is 2. The van der Waals surface area contributed by atoms with Crippen LogP contribution in [0.4, 0.5) is 5.69 Å². The van der Waals surface area contributed by atoms with Crippen LogP contribution in [0.15, 0.2) is 40.9 Å². The molecule has 32 heavy (non-hydrogen) atoms. The standard InChI is InChI=1S/C24H25BrN2O5/c1-4-12-7-6-8-13(5-2)20(12)27-21(29)17-18(22(27)30)24(3,23(31)32)26-19(17)15-11-14(25)9-10-16(15)28/h6-11,17-19,26,28H,4-5H2,1-3H3,(H,31,32). The van der Waals surface area contributed by atoms with E-state index in [1.165, 1.54) is 17.9 Å². The molecule has 8 heteroatoms. The predicted molar refractivity (Wildman–Crippen MR) is 122 cm³/mol. The van der Waals surface area contributed by atoms with Crippen molar-refractivity contribution < 1.29 is 24.6 Å². The third-order valence-corrected chi connectivity index (χ3v) is 7.24. The van der Waals surface area contributed by atoms with Gasteiger partial charge in [0.1, 0.15) is 11.3 Å². The molecule has 4 unspecified atom stereocenters. The van der Waals surface area contributed by atoms with E-state index in [4.69, 9.17) is 0 Å². The molecule has 2 aliphatic rings. The lowest BCUT2D eigenvalue weighted by molar-refractivity contribution is -0.147. The van der Waals surface area contributed by atoms with Gasteiger partial charge in [-0.2, -0.15) is 0 Å². The average Bonchev–Trinajstić information content (AvgIpc) is 3.22. The van der Waals surface area contributed by atoms with E-state index < -0.39 is 41.2 Å². The van der Waals surface area contributed by atoms with Gasteiger partial charge >= 0.3 is 5.97 Å². The smallest absolute Gasteiger partial charge is 0.324 e. The number of phenolic OH excluding ortho intramolecular Hbond substituents is 1. The second kappa shape index (κ2) is 8.01. The summed E-state index contributed by atoms with van der Waals surface area (Å²) in [6.45, 7) is 5.34.